The highest BCUT2D eigenvalue weighted by Gasteiger charge is 2.03. The molecule has 1 heterocycles. The number of rotatable bonds is 1. The Kier molecular flexibility index (Phi) is 1.72. The predicted molar refractivity (Wildman–Crippen MR) is 53.0 cm³/mol. The molecule has 0 aliphatic carbocycles. The summed E-state index contributed by atoms with van der Waals surface area (Å²) >= 11 is 0. The van der Waals surface area contributed by atoms with Gasteiger partial charge in [-0.05, 0) is 23.6 Å². The molecular weight excluding hydrogens is 164 g/mol. The van der Waals surface area contributed by atoms with Gasteiger partial charge in [-0.25, -0.2) is 0 Å². The van der Waals surface area contributed by atoms with Crippen LogP contribution in [-0.4, -0.2) is 10.2 Å². The Balaban J connectivity index is 2.73. The Hall–Kier alpha value is -1.51. The molecule has 1 aromatic carbocycles. The van der Waals surface area contributed by atoms with Gasteiger partial charge in [-0.2, -0.15) is 0 Å². The van der Waals surface area contributed by atoms with Gasteiger partial charge in [0, 0.05) is 0 Å². The van der Waals surface area contributed by atoms with Gasteiger partial charge in [0.15, 0.2) is 0 Å². The van der Waals surface area contributed by atoms with Crippen LogP contribution in [0.4, 0.5) is 0 Å². The first-order chi connectivity index (χ1) is 6.18. The summed E-state index contributed by atoms with van der Waals surface area (Å²) in [5.41, 5.74) is 2.02. The average molecular weight is 176 g/mol. The third kappa shape index (κ3) is 1.26. The molecule has 3 heteroatoms. The molecule has 0 unspecified atom stereocenters. The number of nitrogens with one attached hydrogen (secondary N) is 2. The maximum Gasteiger partial charge on any atom is 0.271 e. The lowest BCUT2D eigenvalue weighted by Gasteiger charge is -2.03. The van der Waals surface area contributed by atoms with Crippen molar-refractivity contribution in [2.75, 3.05) is 0 Å². The molecular formula is C10H12N2O. The molecule has 1 aromatic heterocycles. The molecule has 0 saturated heterocycles. The molecule has 0 amide bonds. The van der Waals surface area contributed by atoms with Crippen molar-refractivity contribution >= 4 is 10.9 Å². The van der Waals surface area contributed by atoms with E-state index in [2.05, 4.69) is 24.0 Å². The smallest absolute Gasteiger partial charge is 0.271 e. The zero-order valence-corrected chi connectivity index (χ0v) is 7.72. The Labute approximate surface area is 75.8 Å². The summed E-state index contributed by atoms with van der Waals surface area (Å²) < 4.78 is 0. The van der Waals surface area contributed by atoms with Crippen molar-refractivity contribution in [3.05, 3.63) is 34.1 Å². The van der Waals surface area contributed by atoms with Crippen LogP contribution in [0.5, 0.6) is 0 Å². The number of aromatic amines is 2. The number of aromatic nitrogens is 2. The average Bonchev–Trinajstić information content (AvgIpc) is 2.47. The summed E-state index contributed by atoms with van der Waals surface area (Å²) in [7, 11) is 0. The largest absolute Gasteiger partial charge is 0.298 e. The van der Waals surface area contributed by atoms with Crippen molar-refractivity contribution in [1.82, 2.24) is 10.2 Å². The van der Waals surface area contributed by atoms with Crippen LogP contribution in [-0.2, 0) is 0 Å². The Morgan fingerprint density at radius 2 is 2.00 bits per heavy atom. The lowest BCUT2D eigenvalue weighted by Crippen LogP contribution is -1.98. The maximum atomic E-state index is 11.3. The predicted octanol–water partition coefficient (Wildman–Crippen LogP) is 1.98. The van der Waals surface area contributed by atoms with E-state index in [1.807, 2.05) is 18.2 Å². The monoisotopic (exact) mass is 176 g/mol. The molecule has 0 aliphatic rings. The minimum atomic E-state index is -0.0440. The summed E-state index contributed by atoms with van der Waals surface area (Å²) in [5, 5.41) is 6.12. The van der Waals surface area contributed by atoms with Gasteiger partial charge in [-0.3, -0.25) is 15.0 Å². The van der Waals surface area contributed by atoms with Gasteiger partial charge in [0.1, 0.15) is 0 Å². The first kappa shape index (κ1) is 8.10. The van der Waals surface area contributed by atoms with E-state index >= 15 is 0 Å². The summed E-state index contributed by atoms with van der Waals surface area (Å²) in [5.74, 6) is 0.457. The first-order valence-corrected chi connectivity index (χ1v) is 4.39. The van der Waals surface area contributed by atoms with Crippen molar-refractivity contribution in [3.8, 4) is 0 Å². The van der Waals surface area contributed by atoms with E-state index in [0.717, 1.165) is 10.9 Å². The van der Waals surface area contributed by atoms with Gasteiger partial charge in [-0.15, -0.1) is 0 Å². The third-order valence-electron chi connectivity index (χ3n) is 2.27. The van der Waals surface area contributed by atoms with Crippen molar-refractivity contribution in [1.29, 1.82) is 0 Å². The van der Waals surface area contributed by atoms with E-state index < -0.39 is 0 Å². The van der Waals surface area contributed by atoms with Crippen LogP contribution in [0.1, 0.15) is 25.3 Å². The molecule has 68 valence electrons. The number of fused-ring (bicyclic) bond motifs is 1. The Morgan fingerprint density at radius 1 is 1.23 bits per heavy atom. The van der Waals surface area contributed by atoms with Crippen molar-refractivity contribution in [3.63, 3.8) is 0 Å². The molecule has 0 saturated carbocycles. The Bertz CT molecular complexity index is 479. The molecule has 0 fully saturated rings. The van der Waals surface area contributed by atoms with E-state index in [4.69, 9.17) is 0 Å². The number of H-pyrrole nitrogens is 2. The second-order valence-electron chi connectivity index (χ2n) is 3.54. The summed E-state index contributed by atoms with van der Waals surface area (Å²) in [6.45, 7) is 4.23. The van der Waals surface area contributed by atoms with Crippen LogP contribution in [0.15, 0.2) is 23.0 Å². The molecule has 0 aliphatic heterocycles. The molecule has 2 rings (SSSR count). The highest BCUT2D eigenvalue weighted by Crippen LogP contribution is 2.17. The number of benzene rings is 1. The SMILES string of the molecule is CC(C)c1ccc2[nH][nH]c(=O)c2c1. The molecule has 0 spiro atoms. The summed E-state index contributed by atoms with van der Waals surface area (Å²) in [6.07, 6.45) is 0. The second kappa shape index (κ2) is 2.76. The van der Waals surface area contributed by atoms with Gasteiger partial charge in [0.25, 0.3) is 5.56 Å². The van der Waals surface area contributed by atoms with Gasteiger partial charge in [0.2, 0.25) is 0 Å². The second-order valence-corrected chi connectivity index (χ2v) is 3.54. The van der Waals surface area contributed by atoms with Crippen LogP contribution in [0.25, 0.3) is 10.9 Å². The van der Waals surface area contributed by atoms with Crippen LogP contribution < -0.4 is 5.56 Å². The van der Waals surface area contributed by atoms with Crippen molar-refractivity contribution in [2.24, 2.45) is 0 Å². The topological polar surface area (TPSA) is 48.6 Å². The molecule has 3 nitrogen and oxygen atoms in total. The van der Waals surface area contributed by atoms with E-state index in [0.29, 0.717) is 5.92 Å². The summed E-state index contributed by atoms with van der Waals surface area (Å²) in [6, 6.07) is 5.91. The Morgan fingerprint density at radius 3 is 2.69 bits per heavy atom. The van der Waals surface area contributed by atoms with E-state index in [1.54, 1.807) is 0 Å². The lowest BCUT2D eigenvalue weighted by atomic mass is 10.0. The maximum absolute atomic E-state index is 11.3. The fraction of sp³-hybridized carbons (Fsp3) is 0.300. The van der Waals surface area contributed by atoms with Crippen LogP contribution in [0.3, 0.4) is 0 Å². The fourth-order valence-electron chi connectivity index (χ4n) is 1.41. The normalized spacial score (nSPS) is 11.3. The summed E-state index contributed by atoms with van der Waals surface area (Å²) in [4.78, 5) is 11.3. The number of hydrogen-bond acceptors (Lipinski definition) is 1. The molecule has 0 bridgehead atoms. The van der Waals surface area contributed by atoms with E-state index in [1.165, 1.54) is 5.56 Å². The number of hydrogen-bond donors (Lipinski definition) is 2. The van der Waals surface area contributed by atoms with Crippen molar-refractivity contribution < 1.29 is 0 Å². The molecule has 0 radical (unpaired) electrons. The van der Waals surface area contributed by atoms with Crippen molar-refractivity contribution in [2.45, 2.75) is 19.8 Å². The minimum Gasteiger partial charge on any atom is -0.298 e. The zero-order chi connectivity index (χ0) is 9.42. The van der Waals surface area contributed by atoms with E-state index in [9.17, 15) is 4.79 Å². The molecule has 2 aromatic rings. The van der Waals surface area contributed by atoms with Gasteiger partial charge < -0.3 is 0 Å². The fourth-order valence-corrected chi connectivity index (χ4v) is 1.41. The van der Waals surface area contributed by atoms with Crippen LogP contribution >= 0.6 is 0 Å². The van der Waals surface area contributed by atoms with Gasteiger partial charge in [-0.1, -0.05) is 19.9 Å². The van der Waals surface area contributed by atoms with E-state index in [-0.39, 0.29) is 5.56 Å². The van der Waals surface area contributed by atoms with Crippen LogP contribution in [0, 0.1) is 0 Å². The third-order valence-corrected chi connectivity index (χ3v) is 2.27. The standard InChI is InChI=1S/C10H12N2O/c1-6(2)7-3-4-9-8(5-7)10(13)12-11-9/h3-6H,1-2H3,(H2,11,12,13). The van der Waals surface area contributed by atoms with Gasteiger partial charge in [0.05, 0.1) is 10.9 Å². The highest BCUT2D eigenvalue weighted by atomic mass is 16.1. The zero-order valence-electron chi connectivity index (χ0n) is 7.72. The molecule has 0 atom stereocenters. The quantitative estimate of drug-likeness (QED) is 0.685. The first-order valence-electron chi connectivity index (χ1n) is 4.39. The van der Waals surface area contributed by atoms with Gasteiger partial charge >= 0.3 is 0 Å². The molecule has 13 heavy (non-hydrogen) atoms. The molecule has 2 N–H and O–H groups in total. The lowest BCUT2D eigenvalue weighted by molar-refractivity contribution is 0.868. The minimum absolute atomic E-state index is 0.0440. The highest BCUT2D eigenvalue weighted by molar-refractivity contribution is 5.78. The van der Waals surface area contributed by atoms with Crippen LogP contribution in [0.2, 0.25) is 0 Å².